The molecule has 0 atom stereocenters. The Bertz CT molecular complexity index is 1450. The summed E-state index contributed by atoms with van der Waals surface area (Å²) in [5.74, 6) is 0. The maximum Gasteiger partial charge on any atom is 0.280 e. The molecule has 0 spiro atoms. The van der Waals surface area contributed by atoms with Crippen molar-refractivity contribution in [1.29, 1.82) is 0 Å². The van der Waals surface area contributed by atoms with E-state index in [0.29, 0.717) is 0 Å². The van der Waals surface area contributed by atoms with Crippen LogP contribution in [0.25, 0.3) is 0 Å². The quantitative estimate of drug-likeness (QED) is 0.134. The van der Waals surface area contributed by atoms with E-state index in [0.717, 1.165) is 40.3 Å². The molecular formula is C18H30N4O13S4. The van der Waals surface area contributed by atoms with Crippen molar-refractivity contribution in [1.82, 2.24) is 9.37 Å². The topological polar surface area (TPSA) is 217 Å². The number of hydroxylamine groups is 2. The van der Waals surface area contributed by atoms with Crippen LogP contribution in [0.15, 0.2) is 17.0 Å². The number of benzene rings is 1. The Morgan fingerprint density at radius 3 is 1.74 bits per heavy atom. The summed E-state index contributed by atoms with van der Waals surface area (Å²) in [5, 5.41) is 12.6. The van der Waals surface area contributed by atoms with Gasteiger partial charge in [0.05, 0.1) is 42.6 Å². The average molecular weight is 639 g/mol. The molecule has 0 bridgehead atoms. The van der Waals surface area contributed by atoms with Gasteiger partial charge in [0, 0.05) is 51.4 Å². The fourth-order valence-electron chi connectivity index (χ4n) is 3.68. The van der Waals surface area contributed by atoms with E-state index in [4.69, 9.17) is 12.6 Å². The molecule has 21 heteroatoms. The number of nitrogens with zero attached hydrogens (tertiary/aromatic N) is 4. The van der Waals surface area contributed by atoms with Crippen molar-refractivity contribution in [3.63, 3.8) is 0 Å². The second-order valence-corrected chi connectivity index (χ2v) is 15.3. The van der Waals surface area contributed by atoms with Crippen LogP contribution in [0.2, 0.25) is 0 Å². The zero-order chi connectivity index (χ0) is 29.8. The zero-order valence-electron chi connectivity index (χ0n) is 21.5. The van der Waals surface area contributed by atoms with Gasteiger partial charge in [-0.3, -0.25) is 18.5 Å². The van der Waals surface area contributed by atoms with Gasteiger partial charge in [-0.15, -0.1) is 0 Å². The monoisotopic (exact) mass is 638 g/mol. The maximum atomic E-state index is 13.7. The van der Waals surface area contributed by atoms with E-state index in [1.807, 2.05) is 0 Å². The zero-order valence-corrected chi connectivity index (χ0v) is 24.8. The lowest BCUT2D eigenvalue weighted by molar-refractivity contribution is -0.385. The molecule has 224 valence electrons. The number of sulfonamides is 1. The Morgan fingerprint density at radius 1 is 0.846 bits per heavy atom. The molecule has 1 aromatic rings. The van der Waals surface area contributed by atoms with Crippen LogP contribution in [-0.4, -0.2) is 119 Å². The number of nitro groups is 1. The number of hydrogen-bond donors (Lipinski definition) is 0. The van der Waals surface area contributed by atoms with Crippen LogP contribution in [0.4, 0.5) is 11.4 Å². The number of aryl methyl sites for hydroxylation is 1. The normalized spacial score (nSPS) is 16.3. The van der Waals surface area contributed by atoms with E-state index in [9.17, 15) is 43.8 Å². The second kappa shape index (κ2) is 12.7. The highest BCUT2D eigenvalue weighted by Gasteiger charge is 2.35. The summed E-state index contributed by atoms with van der Waals surface area (Å²) in [4.78, 5) is 11.6. The summed E-state index contributed by atoms with van der Waals surface area (Å²) in [5.41, 5.74) is -0.459. The molecule has 2 rings (SSSR count). The molecule has 1 saturated heterocycles. The van der Waals surface area contributed by atoms with Crippen LogP contribution >= 0.6 is 0 Å². The number of rotatable bonds is 14. The Balaban J connectivity index is 2.53. The van der Waals surface area contributed by atoms with Crippen LogP contribution in [0.1, 0.15) is 5.56 Å². The minimum absolute atomic E-state index is 0.0513. The molecule has 1 aliphatic heterocycles. The van der Waals surface area contributed by atoms with Gasteiger partial charge in [-0.1, -0.05) is 0 Å². The van der Waals surface area contributed by atoms with Crippen molar-refractivity contribution < 1.29 is 51.2 Å². The minimum atomic E-state index is -4.45. The molecule has 1 heterocycles. The molecule has 17 nitrogen and oxygen atoms in total. The summed E-state index contributed by atoms with van der Waals surface area (Å²) >= 11 is 0. The highest BCUT2D eigenvalue weighted by atomic mass is 32.2. The van der Waals surface area contributed by atoms with E-state index in [-0.39, 0.29) is 50.5 Å². The molecule has 0 amide bonds. The molecule has 0 unspecified atom stereocenters. The van der Waals surface area contributed by atoms with Gasteiger partial charge >= 0.3 is 0 Å². The number of nitro benzene ring substituents is 1. The van der Waals surface area contributed by atoms with Gasteiger partial charge in [-0.25, -0.2) is 8.42 Å². The second-order valence-electron chi connectivity index (χ2n) is 8.52. The number of hydrogen-bond acceptors (Lipinski definition) is 15. The van der Waals surface area contributed by atoms with Crippen molar-refractivity contribution in [3.8, 4) is 0 Å². The van der Waals surface area contributed by atoms with E-state index in [1.54, 1.807) is 0 Å². The molecule has 0 radical (unpaired) electrons. The first-order valence-corrected chi connectivity index (χ1v) is 18.0. The fraction of sp³-hybridized carbons (Fsp3) is 0.667. The van der Waals surface area contributed by atoms with Crippen LogP contribution in [-0.2, 0) is 53.0 Å². The molecule has 1 aliphatic rings. The molecule has 0 N–H and O–H groups in total. The van der Waals surface area contributed by atoms with E-state index in [2.05, 4.69) is 0 Å². The van der Waals surface area contributed by atoms with Gasteiger partial charge in [-0.05, 0) is 12.5 Å². The van der Waals surface area contributed by atoms with Crippen LogP contribution in [0.3, 0.4) is 0 Å². The van der Waals surface area contributed by atoms with E-state index in [1.165, 1.54) is 11.8 Å². The molecule has 1 aromatic carbocycles. The SMILES string of the molecule is Cc1cc([N+](=O)[O-])cc(S(=O)(=O)N2CCN(OS(C)(=O)=O)CC2)c1N(CCOS(C)(=O)=O)CCOS(C)(=O)=O. The average Bonchev–Trinajstić information content (AvgIpc) is 2.75. The van der Waals surface area contributed by atoms with Gasteiger partial charge in [0.2, 0.25) is 10.0 Å². The van der Waals surface area contributed by atoms with Crippen LogP contribution in [0.5, 0.6) is 0 Å². The van der Waals surface area contributed by atoms with Crippen molar-refractivity contribution in [2.75, 3.05) is 76.1 Å². The Kier molecular flexibility index (Phi) is 10.8. The minimum Gasteiger partial charge on any atom is -0.365 e. The van der Waals surface area contributed by atoms with Crippen LogP contribution < -0.4 is 4.90 Å². The number of non-ortho nitro benzene ring substituents is 1. The number of anilines is 1. The molecule has 1 fully saturated rings. The first-order chi connectivity index (χ1) is 17.7. The predicted molar refractivity (Wildman–Crippen MR) is 138 cm³/mol. The Labute approximate surface area is 227 Å². The third-order valence-electron chi connectivity index (χ3n) is 5.15. The van der Waals surface area contributed by atoms with Crippen molar-refractivity contribution in [2.24, 2.45) is 0 Å². The van der Waals surface area contributed by atoms with Gasteiger partial charge in [0.1, 0.15) is 4.90 Å². The molecule has 0 saturated carbocycles. The third kappa shape index (κ3) is 10.5. The summed E-state index contributed by atoms with van der Waals surface area (Å²) in [7, 11) is -16.0. The van der Waals surface area contributed by atoms with Gasteiger partial charge in [0.15, 0.2) is 0 Å². The van der Waals surface area contributed by atoms with E-state index < -0.39 is 69.1 Å². The molecule has 0 aliphatic carbocycles. The summed E-state index contributed by atoms with van der Waals surface area (Å²) in [6.45, 7) is -0.672. The molecule has 39 heavy (non-hydrogen) atoms. The lowest BCUT2D eigenvalue weighted by atomic mass is 10.1. The highest BCUT2D eigenvalue weighted by molar-refractivity contribution is 7.89. The van der Waals surface area contributed by atoms with Crippen molar-refractivity contribution in [2.45, 2.75) is 11.8 Å². The Hall–Kier alpha value is -1.98. The van der Waals surface area contributed by atoms with Crippen molar-refractivity contribution >= 4 is 51.8 Å². The first-order valence-electron chi connectivity index (χ1n) is 11.1. The van der Waals surface area contributed by atoms with Crippen molar-refractivity contribution in [3.05, 3.63) is 27.8 Å². The summed E-state index contributed by atoms with van der Waals surface area (Å²) < 4.78 is 111. The largest absolute Gasteiger partial charge is 0.365 e. The number of piperazine rings is 1. The molecular weight excluding hydrogens is 608 g/mol. The maximum absolute atomic E-state index is 13.7. The lowest BCUT2D eigenvalue weighted by Gasteiger charge is -2.34. The van der Waals surface area contributed by atoms with Crippen LogP contribution in [0, 0.1) is 17.0 Å². The Morgan fingerprint density at radius 2 is 1.33 bits per heavy atom. The summed E-state index contributed by atoms with van der Waals surface area (Å²) in [6.07, 6.45) is 2.46. The predicted octanol–water partition coefficient (Wildman–Crippen LogP) is -1.14. The van der Waals surface area contributed by atoms with Gasteiger partial charge in [-0.2, -0.15) is 38.9 Å². The standard InChI is InChI=1S/C18H30N4O13S4/c1-15-13-16(22(23)24)14-17(39(31,32)21-7-5-20(6-8-21)35-38(4,29)30)18(15)19(9-11-33-36(2,25)26)10-12-34-37(3,27)28/h13-14H,5-12H2,1-4H3. The fourth-order valence-corrected chi connectivity index (χ4v) is 6.70. The molecule has 0 aromatic heterocycles. The lowest BCUT2D eigenvalue weighted by Crippen LogP contribution is -2.49. The highest BCUT2D eigenvalue weighted by Crippen LogP contribution is 2.35. The van der Waals surface area contributed by atoms with Gasteiger partial charge < -0.3 is 4.90 Å². The van der Waals surface area contributed by atoms with E-state index >= 15 is 0 Å². The third-order valence-corrected chi connectivity index (χ3v) is 8.73. The van der Waals surface area contributed by atoms with Gasteiger partial charge in [0.25, 0.3) is 36.0 Å². The smallest absolute Gasteiger partial charge is 0.280 e. The first kappa shape index (κ1) is 33.2. The summed E-state index contributed by atoms with van der Waals surface area (Å²) in [6, 6.07) is 1.97.